The van der Waals surface area contributed by atoms with Crippen LogP contribution in [0.4, 0.5) is 0 Å². The molecule has 3 atom stereocenters. The zero-order valence-electron chi connectivity index (χ0n) is 9.61. The Kier molecular flexibility index (Phi) is 2.53. The van der Waals surface area contributed by atoms with Crippen molar-refractivity contribution >= 4 is 29.3 Å². The zero-order chi connectivity index (χ0) is 11.3. The molecule has 2 fully saturated rings. The molecular weight excluding hydrogens is 244 g/mol. The van der Waals surface area contributed by atoms with E-state index in [1.165, 1.54) is 0 Å². The fourth-order valence-corrected chi connectivity index (χ4v) is 4.21. The van der Waals surface area contributed by atoms with Gasteiger partial charge in [0.2, 0.25) is 11.1 Å². The molecule has 2 saturated heterocycles. The summed E-state index contributed by atoms with van der Waals surface area (Å²) in [7, 11) is 2.11. The van der Waals surface area contributed by atoms with Crippen molar-refractivity contribution in [2.24, 2.45) is 4.99 Å². The molecule has 0 bridgehead atoms. The van der Waals surface area contributed by atoms with E-state index in [0.717, 1.165) is 31.1 Å². The molecular formula is C10H17ClN4S. The van der Waals surface area contributed by atoms with Gasteiger partial charge in [-0.05, 0) is 26.8 Å². The van der Waals surface area contributed by atoms with Crippen LogP contribution in [0.15, 0.2) is 4.99 Å². The average Bonchev–Trinajstić information content (AvgIpc) is 2.70. The Balaban J connectivity index is 1.77. The van der Waals surface area contributed by atoms with Gasteiger partial charge in [-0.25, -0.2) is 0 Å². The van der Waals surface area contributed by atoms with Crippen molar-refractivity contribution in [2.75, 3.05) is 19.3 Å². The van der Waals surface area contributed by atoms with Gasteiger partial charge in [-0.3, -0.25) is 4.90 Å². The zero-order valence-corrected chi connectivity index (χ0v) is 11.2. The monoisotopic (exact) mass is 260 g/mol. The number of hydrogen-bond acceptors (Lipinski definition) is 5. The minimum Gasteiger partial charge on any atom is -0.324 e. The van der Waals surface area contributed by atoms with Gasteiger partial charge in [-0.2, -0.15) is 4.99 Å². The molecule has 0 aliphatic carbocycles. The van der Waals surface area contributed by atoms with Crippen LogP contribution in [0.3, 0.4) is 0 Å². The number of thioether (sulfide) groups is 1. The minimum atomic E-state index is -0.186. The van der Waals surface area contributed by atoms with Crippen LogP contribution in [0.25, 0.3) is 0 Å². The van der Waals surface area contributed by atoms with Gasteiger partial charge in [0.05, 0.1) is 0 Å². The maximum Gasteiger partial charge on any atom is 0.242 e. The largest absolute Gasteiger partial charge is 0.324 e. The highest BCUT2D eigenvalue weighted by Gasteiger charge is 2.50. The first-order chi connectivity index (χ1) is 7.62. The van der Waals surface area contributed by atoms with Crippen molar-refractivity contribution in [3.63, 3.8) is 0 Å². The predicted octanol–water partition coefficient (Wildman–Crippen LogP) is 1.28. The molecule has 3 aliphatic rings. The number of halogens is 1. The van der Waals surface area contributed by atoms with Crippen LogP contribution in [-0.2, 0) is 0 Å². The van der Waals surface area contributed by atoms with Crippen LogP contribution in [0, 0.1) is 0 Å². The quantitative estimate of drug-likeness (QED) is 0.525. The third-order valence-corrected chi connectivity index (χ3v) is 5.35. The molecule has 1 N–H and O–H groups in total. The lowest BCUT2D eigenvalue weighted by Crippen LogP contribution is -2.66. The maximum absolute atomic E-state index is 6.30. The lowest BCUT2D eigenvalue weighted by atomic mass is 10.2. The Labute approximate surface area is 105 Å². The first-order valence-electron chi connectivity index (χ1n) is 5.78. The first-order valence-corrected chi connectivity index (χ1v) is 7.20. The van der Waals surface area contributed by atoms with Crippen LogP contribution >= 0.6 is 23.4 Å². The molecule has 3 rings (SSSR count). The SMILES string of the molecule is CC1CCC(Cl)N1C1=NC2(N1)SCCN2C. The maximum atomic E-state index is 6.30. The van der Waals surface area contributed by atoms with Crippen LogP contribution < -0.4 is 5.32 Å². The second kappa shape index (κ2) is 3.68. The highest BCUT2D eigenvalue weighted by atomic mass is 35.5. The predicted molar refractivity (Wildman–Crippen MR) is 68.6 cm³/mol. The van der Waals surface area contributed by atoms with E-state index < -0.39 is 0 Å². The Hall–Kier alpha value is -0.130. The van der Waals surface area contributed by atoms with Crippen molar-refractivity contribution in [1.29, 1.82) is 0 Å². The van der Waals surface area contributed by atoms with Gasteiger partial charge in [0.1, 0.15) is 5.50 Å². The molecule has 3 aliphatic heterocycles. The molecule has 3 unspecified atom stereocenters. The number of alkyl halides is 1. The minimum absolute atomic E-state index is 0.107. The van der Waals surface area contributed by atoms with Gasteiger partial charge in [0.15, 0.2) is 0 Å². The Morgan fingerprint density at radius 3 is 2.81 bits per heavy atom. The number of rotatable bonds is 0. The van der Waals surface area contributed by atoms with E-state index in [1.54, 1.807) is 0 Å². The number of nitrogens with zero attached hydrogens (tertiary/aromatic N) is 3. The number of hydrogen-bond donors (Lipinski definition) is 1. The standard InChI is InChI=1S/C10H17ClN4S/c1-7-3-4-8(11)15(7)9-12-10(13-9)14(2)5-6-16-10/h7-8H,3-6H2,1-2H3,(H,12,13). The summed E-state index contributed by atoms with van der Waals surface area (Å²) in [5.41, 5.74) is 0.107. The Bertz CT molecular complexity index is 327. The molecule has 0 aromatic rings. The summed E-state index contributed by atoms with van der Waals surface area (Å²) in [6.07, 6.45) is 2.21. The third-order valence-electron chi connectivity index (χ3n) is 3.62. The summed E-state index contributed by atoms with van der Waals surface area (Å²) in [4.78, 5) is 9.22. The lowest BCUT2D eigenvalue weighted by molar-refractivity contribution is 0.186. The fourth-order valence-electron chi connectivity index (χ4n) is 2.52. The summed E-state index contributed by atoms with van der Waals surface area (Å²) in [6, 6.07) is 0.503. The van der Waals surface area contributed by atoms with Crippen molar-refractivity contribution in [3.8, 4) is 0 Å². The van der Waals surface area contributed by atoms with Gasteiger partial charge >= 0.3 is 0 Å². The summed E-state index contributed by atoms with van der Waals surface area (Å²) >= 11 is 8.16. The van der Waals surface area contributed by atoms with Crippen molar-refractivity contribution in [1.82, 2.24) is 15.1 Å². The number of nitrogens with one attached hydrogen (secondary N) is 1. The van der Waals surface area contributed by atoms with E-state index in [2.05, 4.69) is 29.1 Å². The van der Waals surface area contributed by atoms with Gasteiger partial charge in [0, 0.05) is 18.3 Å². The van der Waals surface area contributed by atoms with Gasteiger partial charge in [-0.15, -0.1) is 0 Å². The molecule has 3 heterocycles. The van der Waals surface area contributed by atoms with Crippen LogP contribution in [-0.4, -0.2) is 51.8 Å². The Morgan fingerprint density at radius 1 is 1.56 bits per heavy atom. The average molecular weight is 261 g/mol. The summed E-state index contributed by atoms with van der Waals surface area (Å²) in [6.45, 7) is 3.30. The molecule has 16 heavy (non-hydrogen) atoms. The van der Waals surface area contributed by atoms with Crippen molar-refractivity contribution < 1.29 is 0 Å². The van der Waals surface area contributed by atoms with E-state index in [9.17, 15) is 0 Å². The first kappa shape index (κ1) is 11.0. The molecule has 1 spiro atoms. The summed E-state index contributed by atoms with van der Waals surface area (Å²) in [5.74, 6) is 2.12. The number of aliphatic imine (C=N–C) groups is 1. The molecule has 90 valence electrons. The van der Waals surface area contributed by atoms with Gasteiger partial charge in [-0.1, -0.05) is 23.4 Å². The third kappa shape index (κ3) is 1.45. The second-order valence-electron chi connectivity index (χ2n) is 4.71. The van der Waals surface area contributed by atoms with E-state index in [0.29, 0.717) is 6.04 Å². The number of guanidine groups is 1. The lowest BCUT2D eigenvalue weighted by Gasteiger charge is -2.45. The summed E-state index contributed by atoms with van der Waals surface area (Å²) < 4.78 is 0. The van der Waals surface area contributed by atoms with Gasteiger partial charge < -0.3 is 10.2 Å². The summed E-state index contributed by atoms with van der Waals surface area (Å²) in [5, 5.41) is 3.30. The molecule has 0 amide bonds. The Morgan fingerprint density at radius 2 is 2.31 bits per heavy atom. The van der Waals surface area contributed by atoms with E-state index in [-0.39, 0.29) is 10.6 Å². The van der Waals surface area contributed by atoms with E-state index in [4.69, 9.17) is 16.6 Å². The molecule has 0 aromatic heterocycles. The molecule has 0 radical (unpaired) electrons. The van der Waals surface area contributed by atoms with Crippen LogP contribution in [0.1, 0.15) is 19.8 Å². The number of likely N-dealkylation sites (tertiary alicyclic amines) is 1. The highest BCUT2D eigenvalue weighted by Crippen LogP contribution is 2.40. The topological polar surface area (TPSA) is 30.9 Å². The molecule has 4 nitrogen and oxygen atoms in total. The molecule has 0 aromatic carbocycles. The van der Waals surface area contributed by atoms with Gasteiger partial charge in [0.25, 0.3) is 0 Å². The second-order valence-corrected chi connectivity index (χ2v) is 6.48. The van der Waals surface area contributed by atoms with Crippen LogP contribution in [0.5, 0.6) is 0 Å². The van der Waals surface area contributed by atoms with E-state index >= 15 is 0 Å². The highest BCUT2D eigenvalue weighted by molar-refractivity contribution is 8.00. The van der Waals surface area contributed by atoms with Crippen LogP contribution in [0.2, 0.25) is 0 Å². The fraction of sp³-hybridized carbons (Fsp3) is 0.900. The molecule has 0 saturated carbocycles. The molecule has 6 heteroatoms. The smallest absolute Gasteiger partial charge is 0.242 e. The van der Waals surface area contributed by atoms with Crippen molar-refractivity contribution in [2.45, 2.75) is 36.4 Å². The normalized spacial score (nSPS) is 43.4. The van der Waals surface area contributed by atoms with Crippen molar-refractivity contribution in [3.05, 3.63) is 0 Å². The van der Waals surface area contributed by atoms with E-state index in [1.807, 2.05) is 11.8 Å².